The van der Waals surface area contributed by atoms with Gasteiger partial charge in [0.25, 0.3) is 11.6 Å². The predicted molar refractivity (Wildman–Crippen MR) is 100.0 cm³/mol. The molecule has 2 aromatic rings. The maximum atomic E-state index is 12.5. The number of Topliss-reactive ketones (excluding diaryl/α,β-unsaturated/α-hetero) is 1. The zero-order chi connectivity index (χ0) is 20.0. The lowest BCUT2D eigenvalue weighted by atomic mass is 10.1. The topological polar surface area (TPSA) is 118 Å². The van der Waals surface area contributed by atoms with Crippen LogP contribution in [0, 0.1) is 10.1 Å². The smallest absolute Gasteiger partial charge is 0.272 e. The first-order chi connectivity index (χ1) is 12.8. The van der Waals surface area contributed by atoms with Gasteiger partial charge in [-0.15, -0.1) is 0 Å². The average molecular weight is 367 g/mol. The molecule has 2 aromatic carbocycles. The molecular weight excluding hydrogens is 350 g/mol. The van der Waals surface area contributed by atoms with Crippen LogP contribution in [0.5, 0.6) is 0 Å². The number of hydrogen-bond donors (Lipinski definition) is 2. The fourth-order valence-electron chi connectivity index (χ4n) is 2.23. The summed E-state index contributed by atoms with van der Waals surface area (Å²) in [6.45, 7) is 2.68. The van der Waals surface area contributed by atoms with E-state index in [1.165, 1.54) is 38.1 Å². The zero-order valence-corrected chi connectivity index (χ0v) is 14.7. The highest BCUT2D eigenvalue weighted by molar-refractivity contribution is 6.08. The van der Waals surface area contributed by atoms with Crippen molar-refractivity contribution in [3.8, 4) is 0 Å². The number of amides is 2. The van der Waals surface area contributed by atoms with Crippen molar-refractivity contribution in [2.24, 2.45) is 0 Å². The molecule has 0 saturated carbocycles. The molecule has 2 amide bonds. The molecule has 0 aliphatic rings. The quantitative estimate of drug-likeness (QED) is 0.352. The average Bonchev–Trinajstić information content (AvgIpc) is 2.61. The Morgan fingerprint density at radius 2 is 1.70 bits per heavy atom. The normalized spacial score (nSPS) is 10.8. The number of carbonyl (C=O) groups is 3. The van der Waals surface area contributed by atoms with Gasteiger partial charge in [0, 0.05) is 30.3 Å². The highest BCUT2D eigenvalue weighted by Gasteiger charge is 2.13. The lowest BCUT2D eigenvalue weighted by molar-refractivity contribution is -0.384. The minimum absolute atomic E-state index is 0.0707. The lowest BCUT2D eigenvalue weighted by Gasteiger charge is -2.10. The molecule has 0 atom stereocenters. The molecule has 0 fully saturated rings. The monoisotopic (exact) mass is 367 g/mol. The first kappa shape index (κ1) is 19.5. The minimum atomic E-state index is -0.604. The summed E-state index contributed by atoms with van der Waals surface area (Å²) in [6, 6.07) is 11.9. The largest absolute Gasteiger partial charge is 0.322 e. The van der Waals surface area contributed by atoms with Crippen LogP contribution in [-0.4, -0.2) is 22.5 Å². The van der Waals surface area contributed by atoms with Crippen LogP contribution in [0.25, 0.3) is 6.08 Å². The van der Waals surface area contributed by atoms with E-state index in [9.17, 15) is 24.5 Å². The van der Waals surface area contributed by atoms with Gasteiger partial charge in [-0.05, 0) is 42.8 Å². The summed E-state index contributed by atoms with van der Waals surface area (Å²) >= 11 is 0. The van der Waals surface area contributed by atoms with Crippen LogP contribution < -0.4 is 10.6 Å². The van der Waals surface area contributed by atoms with Gasteiger partial charge < -0.3 is 10.6 Å². The van der Waals surface area contributed by atoms with Gasteiger partial charge in [-0.25, -0.2) is 0 Å². The fraction of sp³-hybridized carbons (Fsp3) is 0.105. The van der Waals surface area contributed by atoms with Gasteiger partial charge in [-0.1, -0.05) is 12.1 Å². The van der Waals surface area contributed by atoms with Gasteiger partial charge in [-0.3, -0.25) is 24.5 Å². The molecule has 0 spiro atoms. The van der Waals surface area contributed by atoms with Crippen molar-refractivity contribution < 1.29 is 19.3 Å². The summed E-state index contributed by atoms with van der Waals surface area (Å²) in [5.41, 5.74) is 1.11. The SMILES string of the molecule is CC(=O)N/C(=C\c1cccc([N+](=O)[O-])c1)C(=O)Nc1ccc(C(C)=O)cc1. The Morgan fingerprint density at radius 3 is 2.26 bits per heavy atom. The molecule has 0 heterocycles. The molecule has 0 radical (unpaired) electrons. The number of nitro groups is 1. The standard InChI is InChI=1S/C19H17N3O5/c1-12(23)15-6-8-16(9-7-15)21-19(25)18(20-13(2)24)11-14-4-3-5-17(10-14)22(26)27/h3-11H,1-2H3,(H,20,24)(H,21,25)/b18-11-. The minimum Gasteiger partial charge on any atom is -0.322 e. The second-order valence-electron chi connectivity index (χ2n) is 5.68. The van der Waals surface area contributed by atoms with Crippen LogP contribution in [0.1, 0.15) is 29.8 Å². The summed E-state index contributed by atoms with van der Waals surface area (Å²) in [4.78, 5) is 45.5. The van der Waals surface area contributed by atoms with Gasteiger partial charge in [0.15, 0.2) is 5.78 Å². The molecule has 27 heavy (non-hydrogen) atoms. The Balaban J connectivity index is 2.28. The van der Waals surface area contributed by atoms with E-state index in [0.29, 0.717) is 16.8 Å². The van der Waals surface area contributed by atoms with Crippen LogP contribution in [0.3, 0.4) is 0 Å². The second kappa shape index (κ2) is 8.52. The molecule has 138 valence electrons. The molecule has 0 bridgehead atoms. The first-order valence-electron chi connectivity index (χ1n) is 7.92. The Bertz CT molecular complexity index is 933. The number of anilines is 1. The van der Waals surface area contributed by atoms with E-state index >= 15 is 0 Å². The second-order valence-corrected chi connectivity index (χ2v) is 5.68. The van der Waals surface area contributed by atoms with Gasteiger partial charge in [-0.2, -0.15) is 0 Å². The van der Waals surface area contributed by atoms with Crippen molar-refractivity contribution >= 4 is 35.0 Å². The number of carbonyl (C=O) groups excluding carboxylic acids is 3. The van der Waals surface area contributed by atoms with Gasteiger partial charge in [0.05, 0.1) is 4.92 Å². The maximum Gasteiger partial charge on any atom is 0.272 e. The Kier molecular flexibility index (Phi) is 6.16. The van der Waals surface area contributed by atoms with Gasteiger partial charge >= 0.3 is 0 Å². The number of non-ortho nitro benzene ring substituents is 1. The molecule has 0 aromatic heterocycles. The summed E-state index contributed by atoms with van der Waals surface area (Å²) in [5.74, 6) is -1.17. The number of benzene rings is 2. The summed E-state index contributed by atoms with van der Waals surface area (Å²) < 4.78 is 0. The third-order valence-electron chi connectivity index (χ3n) is 3.50. The lowest BCUT2D eigenvalue weighted by Crippen LogP contribution is -2.28. The number of nitro benzene ring substituents is 1. The molecule has 0 unspecified atom stereocenters. The van der Waals surface area contributed by atoms with Crippen molar-refractivity contribution in [2.45, 2.75) is 13.8 Å². The Morgan fingerprint density at radius 1 is 1.04 bits per heavy atom. The Labute approximate surface area is 155 Å². The number of nitrogens with zero attached hydrogens (tertiary/aromatic N) is 1. The van der Waals surface area contributed by atoms with Crippen LogP contribution in [0.2, 0.25) is 0 Å². The van der Waals surface area contributed by atoms with E-state index in [-0.39, 0.29) is 17.2 Å². The highest BCUT2D eigenvalue weighted by Crippen LogP contribution is 2.16. The van der Waals surface area contributed by atoms with E-state index < -0.39 is 16.7 Å². The third-order valence-corrected chi connectivity index (χ3v) is 3.50. The van der Waals surface area contributed by atoms with Crippen molar-refractivity contribution in [2.75, 3.05) is 5.32 Å². The van der Waals surface area contributed by atoms with E-state index in [0.717, 1.165) is 0 Å². The van der Waals surface area contributed by atoms with Gasteiger partial charge in [0.2, 0.25) is 5.91 Å². The number of rotatable bonds is 6. The summed E-state index contributed by atoms with van der Waals surface area (Å²) in [7, 11) is 0. The molecule has 0 aliphatic carbocycles. The number of nitrogens with one attached hydrogen (secondary N) is 2. The van der Waals surface area contributed by atoms with E-state index in [4.69, 9.17) is 0 Å². The van der Waals surface area contributed by atoms with E-state index in [1.807, 2.05) is 0 Å². The third kappa shape index (κ3) is 5.60. The Hall–Kier alpha value is -3.81. The molecular formula is C19H17N3O5. The summed E-state index contributed by atoms with van der Waals surface area (Å²) in [6.07, 6.45) is 1.34. The van der Waals surface area contributed by atoms with Crippen molar-refractivity contribution in [1.82, 2.24) is 5.32 Å². The maximum absolute atomic E-state index is 12.5. The molecule has 0 saturated heterocycles. The molecule has 2 rings (SSSR count). The van der Waals surface area contributed by atoms with Crippen LogP contribution in [-0.2, 0) is 9.59 Å². The van der Waals surface area contributed by atoms with Crippen molar-refractivity contribution in [1.29, 1.82) is 0 Å². The fourth-order valence-corrected chi connectivity index (χ4v) is 2.23. The van der Waals surface area contributed by atoms with Gasteiger partial charge in [0.1, 0.15) is 5.70 Å². The first-order valence-corrected chi connectivity index (χ1v) is 7.92. The number of hydrogen-bond acceptors (Lipinski definition) is 5. The highest BCUT2D eigenvalue weighted by atomic mass is 16.6. The predicted octanol–water partition coefficient (Wildman–Crippen LogP) is 2.91. The molecule has 2 N–H and O–H groups in total. The molecule has 8 heteroatoms. The van der Waals surface area contributed by atoms with Crippen LogP contribution >= 0.6 is 0 Å². The summed E-state index contributed by atoms with van der Waals surface area (Å²) in [5, 5.41) is 15.9. The van der Waals surface area contributed by atoms with Crippen molar-refractivity contribution in [3.05, 3.63) is 75.5 Å². The van der Waals surface area contributed by atoms with Crippen LogP contribution in [0.15, 0.2) is 54.2 Å². The number of ketones is 1. The molecule has 0 aliphatic heterocycles. The zero-order valence-electron chi connectivity index (χ0n) is 14.7. The van der Waals surface area contributed by atoms with Crippen LogP contribution in [0.4, 0.5) is 11.4 Å². The van der Waals surface area contributed by atoms with Crippen molar-refractivity contribution in [3.63, 3.8) is 0 Å². The van der Waals surface area contributed by atoms with E-state index in [2.05, 4.69) is 10.6 Å². The van der Waals surface area contributed by atoms with E-state index in [1.54, 1.807) is 30.3 Å². The molecule has 8 nitrogen and oxygen atoms in total.